The number of Topliss-reactive ketones (excluding diaryl/α,β-unsaturated/α-hetero) is 1. The van der Waals surface area contributed by atoms with E-state index in [9.17, 15) is 19.7 Å². The number of hydrogen-bond donors (Lipinski definition) is 1. The van der Waals surface area contributed by atoms with Gasteiger partial charge >= 0.3 is 0 Å². The van der Waals surface area contributed by atoms with Crippen LogP contribution in [0.15, 0.2) is 82.6 Å². The van der Waals surface area contributed by atoms with Gasteiger partial charge in [0.15, 0.2) is 5.78 Å². The topological polar surface area (TPSA) is 106 Å². The number of carbonyl (C=O) groups excluding carboxylic acids is 2. The van der Waals surface area contributed by atoms with E-state index < -0.39 is 11.0 Å². The summed E-state index contributed by atoms with van der Waals surface area (Å²) in [4.78, 5) is 39.4. The Morgan fingerprint density at radius 2 is 1.97 bits per heavy atom. The quantitative estimate of drug-likeness (QED) is 0.410. The number of anilines is 2. The minimum absolute atomic E-state index is 0.00271. The van der Waals surface area contributed by atoms with Gasteiger partial charge in [-0.2, -0.15) is 0 Å². The summed E-state index contributed by atoms with van der Waals surface area (Å²) in [5.74, 6) is 0.0396. The van der Waals surface area contributed by atoms with E-state index >= 15 is 0 Å². The van der Waals surface area contributed by atoms with Crippen LogP contribution in [-0.2, 0) is 9.59 Å². The second-order valence-corrected chi connectivity index (χ2v) is 8.45. The molecule has 0 fully saturated rings. The van der Waals surface area contributed by atoms with Gasteiger partial charge in [-0.3, -0.25) is 24.6 Å². The summed E-state index contributed by atoms with van der Waals surface area (Å²) >= 11 is 0. The molecule has 172 valence electrons. The molecule has 0 saturated carbocycles. The van der Waals surface area contributed by atoms with Crippen LogP contribution < -0.4 is 10.2 Å². The number of hydrogen-bond acceptors (Lipinski definition) is 6. The molecule has 1 aliphatic carbocycles. The van der Waals surface area contributed by atoms with Crippen LogP contribution in [0, 0.1) is 10.1 Å². The number of amides is 1. The highest BCUT2D eigenvalue weighted by Gasteiger charge is 2.42. The number of allylic oxidation sites excluding steroid dienone is 1. The molecule has 0 unspecified atom stereocenters. The maximum Gasteiger partial charge on any atom is 0.269 e. The van der Waals surface area contributed by atoms with Crippen molar-refractivity contribution >= 4 is 28.8 Å². The standard InChI is InChI=1S/C26H23N3O5/c1-2-24(31)28-21-10-4-3-9-19(21)27-20-14-17(16-7-5-8-18(13-16)29(32)33)15-22(30)25(20)26(28)23-11-6-12-34-23/h3-13,17,26-27H,2,14-15H2,1H3/t17-,26-/m1/s1. The average molecular weight is 457 g/mol. The molecule has 0 saturated heterocycles. The first-order chi connectivity index (χ1) is 16.5. The summed E-state index contributed by atoms with van der Waals surface area (Å²) in [6.07, 6.45) is 2.46. The third-order valence-electron chi connectivity index (χ3n) is 6.42. The molecule has 0 bridgehead atoms. The molecule has 3 aromatic rings. The number of nitro groups is 1. The Labute approximate surface area is 196 Å². The van der Waals surface area contributed by atoms with Gasteiger partial charge in [0.25, 0.3) is 5.69 Å². The Balaban J connectivity index is 1.66. The van der Waals surface area contributed by atoms with E-state index in [4.69, 9.17) is 4.42 Å². The van der Waals surface area contributed by atoms with Crippen molar-refractivity contribution in [2.24, 2.45) is 0 Å². The van der Waals surface area contributed by atoms with Crippen LogP contribution in [0.25, 0.3) is 0 Å². The van der Waals surface area contributed by atoms with Crippen molar-refractivity contribution in [3.63, 3.8) is 0 Å². The highest BCUT2D eigenvalue weighted by atomic mass is 16.6. The zero-order valence-electron chi connectivity index (χ0n) is 18.6. The molecule has 1 N–H and O–H groups in total. The molecule has 5 rings (SSSR count). The zero-order valence-corrected chi connectivity index (χ0v) is 18.6. The van der Waals surface area contributed by atoms with Crippen molar-refractivity contribution in [1.82, 2.24) is 0 Å². The molecule has 2 aliphatic rings. The molecular formula is C26H23N3O5. The molecule has 8 nitrogen and oxygen atoms in total. The normalized spacial score (nSPS) is 19.7. The van der Waals surface area contributed by atoms with Crippen LogP contribution in [-0.4, -0.2) is 16.6 Å². The molecule has 1 amide bonds. The van der Waals surface area contributed by atoms with Gasteiger partial charge < -0.3 is 9.73 Å². The predicted octanol–water partition coefficient (Wildman–Crippen LogP) is 5.50. The Morgan fingerprint density at radius 3 is 2.71 bits per heavy atom. The van der Waals surface area contributed by atoms with Crippen molar-refractivity contribution in [1.29, 1.82) is 0 Å². The van der Waals surface area contributed by atoms with E-state index in [1.807, 2.05) is 30.3 Å². The molecule has 0 radical (unpaired) electrons. The lowest BCUT2D eigenvalue weighted by molar-refractivity contribution is -0.384. The molecule has 34 heavy (non-hydrogen) atoms. The lowest BCUT2D eigenvalue weighted by Crippen LogP contribution is -2.38. The number of non-ortho nitro benzene ring substituents is 1. The third-order valence-corrected chi connectivity index (χ3v) is 6.42. The minimum atomic E-state index is -0.702. The van der Waals surface area contributed by atoms with Crippen LogP contribution in [0.4, 0.5) is 17.1 Å². The summed E-state index contributed by atoms with van der Waals surface area (Å²) in [7, 11) is 0. The number of furan rings is 1. The second kappa shape index (κ2) is 8.62. The second-order valence-electron chi connectivity index (χ2n) is 8.45. The Kier molecular flexibility index (Phi) is 5.49. The van der Waals surface area contributed by atoms with Crippen molar-refractivity contribution in [2.75, 3.05) is 10.2 Å². The highest BCUT2D eigenvalue weighted by Crippen LogP contribution is 2.47. The number of nitro benzene ring substituents is 1. The summed E-state index contributed by atoms with van der Waals surface area (Å²) in [6.45, 7) is 1.79. The molecule has 2 heterocycles. The summed E-state index contributed by atoms with van der Waals surface area (Å²) in [6, 6.07) is 16.7. The number of fused-ring (bicyclic) bond motifs is 1. The van der Waals surface area contributed by atoms with E-state index in [-0.39, 0.29) is 36.1 Å². The predicted molar refractivity (Wildman–Crippen MR) is 126 cm³/mol. The lowest BCUT2D eigenvalue weighted by atomic mass is 9.79. The van der Waals surface area contributed by atoms with Gasteiger partial charge in [-0.05, 0) is 42.2 Å². The van der Waals surface area contributed by atoms with Crippen LogP contribution in [0.1, 0.15) is 49.5 Å². The zero-order chi connectivity index (χ0) is 23.8. The maximum atomic E-state index is 13.7. The number of benzene rings is 2. The summed E-state index contributed by atoms with van der Waals surface area (Å²) in [5.41, 5.74) is 3.33. The van der Waals surface area contributed by atoms with Crippen LogP contribution in [0.5, 0.6) is 0 Å². The molecule has 2 aromatic carbocycles. The summed E-state index contributed by atoms with van der Waals surface area (Å²) < 4.78 is 5.74. The number of nitrogens with one attached hydrogen (secondary N) is 1. The van der Waals surface area contributed by atoms with E-state index in [0.717, 1.165) is 11.3 Å². The summed E-state index contributed by atoms with van der Waals surface area (Å²) in [5, 5.41) is 14.7. The fourth-order valence-electron chi connectivity index (χ4n) is 4.88. The fraction of sp³-hybridized carbons (Fsp3) is 0.231. The highest BCUT2D eigenvalue weighted by molar-refractivity contribution is 6.06. The molecule has 8 heteroatoms. The number of para-hydroxylation sites is 2. The van der Waals surface area contributed by atoms with E-state index in [1.165, 1.54) is 18.4 Å². The molecule has 1 aromatic heterocycles. The van der Waals surface area contributed by atoms with Crippen LogP contribution in [0.2, 0.25) is 0 Å². The van der Waals surface area contributed by atoms with Gasteiger partial charge in [0.1, 0.15) is 11.8 Å². The first kappa shape index (κ1) is 21.6. The number of carbonyl (C=O) groups is 2. The Hall–Kier alpha value is -4.20. The van der Waals surface area contributed by atoms with Gasteiger partial charge in [-0.1, -0.05) is 31.2 Å². The Morgan fingerprint density at radius 1 is 1.15 bits per heavy atom. The fourth-order valence-corrected chi connectivity index (χ4v) is 4.88. The van der Waals surface area contributed by atoms with E-state index in [2.05, 4.69) is 5.32 Å². The van der Waals surface area contributed by atoms with Crippen molar-refractivity contribution in [3.05, 3.63) is 99.6 Å². The molecular weight excluding hydrogens is 434 g/mol. The van der Waals surface area contributed by atoms with Crippen LogP contribution in [0.3, 0.4) is 0 Å². The first-order valence-electron chi connectivity index (χ1n) is 11.2. The van der Waals surface area contributed by atoms with Crippen molar-refractivity contribution in [3.8, 4) is 0 Å². The largest absolute Gasteiger partial charge is 0.467 e. The minimum Gasteiger partial charge on any atom is -0.467 e. The lowest BCUT2D eigenvalue weighted by Gasteiger charge is -2.33. The van der Waals surface area contributed by atoms with Crippen molar-refractivity contribution in [2.45, 2.75) is 38.1 Å². The van der Waals surface area contributed by atoms with Gasteiger partial charge in [0, 0.05) is 36.2 Å². The maximum absolute atomic E-state index is 13.7. The molecule has 1 aliphatic heterocycles. The smallest absolute Gasteiger partial charge is 0.269 e. The Bertz CT molecular complexity index is 1310. The van der Waals surface area contributed by atoms with Gasteiger partial charge in [0.2, 0.25) is 5.91 Å². The van der Waals surface area contributed by atoms with Crippen LogP contribution >= 0.6 is 0 Å². The molecule has 2 atom stereocenters. The average Bonchev–Trinajstić information content (AvgIpc) is 3.33. The number of nitrogens with zero attached hydrogens (tertiary/aromatic N) is 2. The van der Waals surface area contributed by atoms with Crippen molar-refractivity contribution < 1.29 is 18.9 Å². The number of rotatable bonds is 4. The van der Waals surface area contributed by atoms with Gasteiger partial charge in [0.05, 0.1) is 22.6 Å². The third kappa shape index (κ3) is 3.67. The first-order valence-corrected chi connectivity index (χ1v) is 11.2. The van der Waals surface area contributed by atoms with E-state index in [1.54, 1.807) is 30.0 Å². The SMILES string of the molecule is CCC(=O)N1c2ccccc2NC2=C(C(=O)C[C@H](c3cccc([N+](=O)[O-])c3)C2)[C@H]1c1ccco1. The van der Waals surface area contributed by atoms with Gasteiger partial charge in [-0.15, -0.1) is 0 Å². The van der Waals surface area contributed by atoms with E-state index in [0.29, 0.717) is 29.1 Å². The van der Waals surface area contributed by atoms with Gasteiger partial charge in [-0.25, -0.2) is 0 Å². The molecule has 0 spiro atoms. The monoisotopic (exact) mass is 457 g/mol. The number of ketones is 1.